The molecule has 1 atom stereocenters. The van der Waals surface area contributed by atoms with E-state index in [1.54, 1.807) is 0 Å². The Labute approximate surface area is 80.6 Å². The molecule has 1 aromatic heterocycles. The van der Waals surface area contributed by atoms with Crippen molar-refractivity contribution in [1.82, 2.24) is 4.98 Å². The van der Waals surface area contributed by atoms with E-state index in [2.05, 4.69) is 11.2 Å². The number of hydrogen-bond acceptors (Lipinski definition) is 4. The van der Waals surface area contributed by atoms with E-state index < -0.39 is 6.36 Å². The molecule has 0 N–H and O–H groups in total. The predicted molar refractivity (Wildman–Crippen MR) is 45.4 cm³/mol. The third kappa shape index (κ3) is 1.25. The Bertz CT molecular complexity index is 356. The lowest BCUT2D eigenvalue weighted by molar-refractivity contribution is 0.0879. The van der Waals surface area contributed by atoms with Gasteiger partial charge in [-0.25, -0.2) is 9.37 Å². The number of halogens is 1. The van der Waals surface area contributed by atoms with E-state index in [1.807, 2.05) is 0 Å². The minimum atomic E-state index is -1.35. The Morgan fingerprint density at radius 3 is 2.93 bits per heavy atom. The lowest BCUT2D eigenvalue weighted by atomic mass is 10.2. The van der Waals surface area contributed by atoms with Crippen LogP contribution >= 0.6 is 0 Å². The largest absolute Gasteiger partial charge is 0.491 e. The molecule has 0 aliphatic carbocycles. The van der Waals surface area contributed by atoms with Gasteiger partial charge in [0, 0.05) is 0 Å². The molecule has 0 fully saturated rings. The maximum atomic E-state index is 12.9. The number of nitrogens with zero attached hydrogens (tertiary/aromatic N) is 1. The van der Waals surface area contributed by atoms with Crippen LogP contribution in [0.15, 0.2) is 0 Å². The molecule has 0 spiro atoms. The standard InChI is InChI=1S/C9H9FNO3/c1-12-6-4-11-5-3-7(10)14-8(5)9(6)13-2/h7H,3H2,1-2H3. The lowest BCUT2D eigenvalue weighted by Crippen LogP contribution is -2.03. The summed E-state index contributed by atoms with van der Waals surface area (Å²) in [5.74, 6) is 0.980. The first-order valence-electron chi connectivity index (χ1n) is 4.09. The zero-order chi connectivity index (χ0) is 10.1. The summed E-state index contributed by atoms with van der Waals surface area (Å²) in [5.41, 5.74) is 0.509. The summed E-state index contributed by atoms with van der Waals surface area (Å²) in [6.07, 6.45) is 1.39. The molecule has 1 aromatic rings. The number of aromatic nitrogens is 1. The molecule has 0 amide bonds. The summed E-state index contributed by atoms with van der Waals surface area (Å²) in [7, 11) is 2.92. The molecule has 2 rings (SSSR count). The zero-order valence-corrected chi connectivity index (χ0v) is 7.83. The highest BCUT2D eigenvalue weighted by molar-refractivity contribution is 5.53. The van der Waals surface area contributed by atoms with E-state index in [1.165, 1.54) is 14.2 Å². The highest BCUT2D eigenvalue weighted by atomic mass is 19.1. The fourth-order valence-corrected chi connectivity index (χ4v) is 1.36. The topological polar surface area (TPSA) is 40.6 Å². The van der Waals surface area contributed by atoms with Crippen LogP contribution < -0.4 is 14.2 Å². The molecule has 14 heavy (non-hydrogen) atoms. The fourth-order valence-electron chi connectivity index (χ4n) is 1.36. The van der Waals surface area contributed by atoms with Gasteiger partial charge < -0.3 is 14.2 Å². The van der Waals surface area contributed by atoms with Gasteiger partial charge in [0.15, 0.2) is 11.5 Å². The van der Waals surface area contributed by atoms with E-state index in [9.17, 15) is 4.39 Å². The molecule has 1 unspecified atom stereocenters. The van der Waals surface area contributed by atoms with Crippen molar-refractivity contribution in [1.29, 1.82) is 0 Å². The number of alkyl halides is 1. The summed E-state index contributed by atoms with van der Waals surface area (Å²) in [6.45, 7) is 0. The number of pyridine rings is 1. The van der Waals surface area contributed by atoms with Crippen LogP contribution in [0.25, 0.3) is 0 Å². The third-order valence-corrected chi connectivity index (χ3v) is 1.97. The summed E-state index contributed by atoms with van der Waals surface area (Å²) in [6, 6.07) is 0. The van der Waals surface area contributed by atoms with E-state index in [0.29, 0.717) is 22.9 Å². The Balaban J connectivity index is 2.49. The normalized spacial score (nSPS) is 18.6. The van der Waals surface area contributed by atoms with Gasteiger partial charge in [0.05, 0.1) is 26.3 Å². The highest BCUT2D eigenvalue weighted by Crippen LogP contribution is 2.42. The molecule has 5 heteroatoms. The average molecular weight is 198 g/mol. The first-order chi connectivity index (χ1) is 6.76. The van der Waals surface area contributed by atoms with Gasteiger partial charge in [-0.15, -0.1) is 0 Å². The molecule has 1 aliphatic rings. The van der Waals surface area contributed by atoms with E-state index >= 15 is 0 Å². The van der Waals surface area contributed by atoms with Crippen molar-refractivity contribution >= 4 is 0 Å². The van der Waals surface area contributed by atoms with Crippen LogP contribution in [0.2, 0.25) is 0 Å². The van der Waals surface area contributed by atoms with Gasteiger partial charge in [-0.2, -0.15) is 0 Å². The molecule has 4 nitrogen and oxygen atoms in total. The molecule has 1 radical (unpaired) electrons. The van der Waals surface area contributed by atoms with Crippen molar-refractivity contribution in [2.45, 2.75) is 12.8 Å². The number of rotatable bonds is 2. The van der Waals surface area contributed by atoms with Gasteiger partial charge >= 0.3 is 0 Å². The molecule has 0 aromatic carbocycles. The van der Waals surface area contributed by atoms with Gasteiger partial charge in [-0.3, -0.25) is 0 Å². The second-order valence-corrected chi connectivity index (χ2v) is 2.80. The SMILES string of the molecule is COc1[c]nc2c(c1OC)OC(F)C2. The van der Waals surface area contributed by atoms with Crippen LogP contribution in [0.5, 0.6) is 17.2 Å². The lowest BCUT2D eigenvalue weighted by Gasteiger charge is -2.09. The second-order valence-electron chi connectivity index (χ2n) is 2.80. The van der Waals surface area contributed by atoms with Gasteiger partial charge in [-0.1, -0.05) is 0 Å². The molecule has 0 saturated carbocycles. The quantitative estimate of drug-likeness (QED) is 0.714. The van der Waals surface area contributed by atoms with E-state index in [4.69, 9.17) is 14.2 Å². The summed E-state index contributed by atoms with van der Waals surface area (Å²) in [4.78, 5) is 3.89. The monoisotopic (exact) mass is 198 g/mol. The molecule has 0 bridgehead atoms. The Kier molecular flexibility index (Phi) is 2.15. The van der Waals surface area contributed by atoms with Crippen molar-refractivity contribution < 1.29 is 18.6 Å². The maximum absolute atomic E-state index is 12.9. The number of hydrogen-bond donors (Lipinski definition) is 0. The van der Waals surface area contributed by atoms with E-state index in [-0.39, 0.29) is 6.42 Å². The summed E-state index contributed by atoms with van der Waals surface area (Å²) in [5, 5.41) is 0. The smallest absolute Gasteiger partial charge is 0.244 e. The van der Waals surface area contributed by atoms with Crippen molar-refractivity contribution in [3.8, 4) is 17.2 Å². The average Bonchev–Trinajstić information content (AvgIpc) is 2.56. The Morgan fingerprint density at radius 2 is 2.29 bits per heavy atom. The molecular formula is C9H9FNO3. The van der Waals surface area contributed by atoms with Crippen LogP contribution in [0.1, 0.15) is 5.69 Å². The van der Waals surface area contributed by atoms with Crippen LogP contribution in [0.3, 0.4) is 0 Å². The summed E-state index contributed by atoms with van der Waals surface area (Å²) >= 11 is 0. The Hall–Kier alpha value is -1.52. The molecule has 0 saturated heterocycles. The number of methoxy groups -OCH3 is 2. The fraction of sp³-hybridized carbons (Fsp3) is 0.444. The van der Waals surface area contributed by atoms with Gasteiger partial charge in [0.2, 0.25) is 12.1 Å². The van der Waals surface area contributed by atoms with Gasteiger partial charge in [0.25, 0.3) is 0 Å². The minimum Gasteiger partial charge on any atom is -0.491 e. The van der Waals surface area contributed by atoms with Crippen LogP contribution in [-0.4, -0.2) is 25.6 Å². The maximum Gasteiger partial charge on any atom is 0.244 e. The first-order valence-corrected chi connectivity index (χ1v) is 4.09. The van der Waals surface area contributed by atoms with Crippen molar-refractivity contribution in [2.75, 3.05) is 14.2 Å². The third-order valence-electron chi connectivity index (χ3n) is 1.97. The summed E-state index contributed by atoms with van der Waals surface area (Å²) < 4.78 is 27.8. The van der Waals surface area contributed by atoms with E-state index in [0.717, 1.165) is 0 Å². The molecule has 1 aliphatic heterocycles. The molecule has 75 valence electrons. The van der Waals surface area contributed by atoms with Crippen molar-refractivity contribution in [3.63, 3.8) is 0 Å². The second kappa shape index (κ2) is 3.32. The highest BCUT2D eigenvalue weighted by Gasteiger charge is 2.29. The van der Waals surface area contributed by atoms with Gasteiger partial charge in [-0.05, 0) is 0 Å². The molecular weight excluding hydrogens is 189 g/mol. The number of fused-ring (bicyclic) bond motifs is 1. The zero-order valence-electron chi connectivity index (χ0n) is 7.83. The van der Waals surface area contributed by atoms with Crippen LogP contribution in [0.4, 0.5) is 4.39 Å². The first kappa shape index (κ1) is 9.05. The van der Waals surface area contributed by atoms with Crippen LogP contribution in [-0.2, 0) is 6.42 Å². The van der Waals surface area contributed by atoms with Crippen molar-refractivity contribution in [3.05, 3.63) is 11.9 Å². The Morgan fingerprint density at radius 1 is 1.50 bits per heavy atom. The van der Waals surface area contributed by atoms with Crippen molar-refractivity contribution in [2.24, 2.45) is 0 Å². The van der Waals surface area contributed by atoms with Gasteiger partial charge in [0.1, 0.15) is 6.20 Å². The van der Waals surface area contributed by atoms with Crippen LogP contribution in [0, 0.1) is 6.20 Å². The molecule has 2 heterocycles. The number of ether oxygens (including phenoxy) is 3. The predicted octanol–water partition coefficient (Wildman–Crippen LogP) is 1.13. The minimum absolute atomic E-state index is 0.131.